The zero-order valence-corrected chi connectivity index (χ0v) is 7.54. The summed E-state index contributed by atoms with van der Waals surface area (Å²) < 4.78 is 0. The predicted molar refractivity (Wildman–Crippen MR) is 48.5 cm³/mol. The van der Waals surface area contributed by atoms with Crippen molar-refractivity contribution in [1.29, 1.82) is 0 Å². The molecule has 11 heavy (non-hydrogen) atoms. The first kappa shape index (κ1) is 7.45. The Hall–Kier alpha value is -0.200. The summed E-state index contributed by atoms with van der Waals surface area (Å²) in [5.41, 5.74) is 2.75. The van der Waals surface area contributed by atoms with E-state index in [1.165, 1.54) is 17.5 Å². The van der Waals surface area contributed by atoms with Crippen LogP contribution in [0, 0.1) is 0 Å². The van der Waals surface area contributed by atoms with Gasteiger partial charge in [0.25, 0.3) is 0 Å². The molecule has 0 aromatic heterocycles. The number of aryl methyl sites for hydroxylation is 2. The fourth-order valence-electron chi connectivity index (χ4n) is 1.56. The van der Waals surface area contributed by atoms with Gasteiger partial charge in [0, 0.05) is 0 Å². The number of benzene rings is 1. The Morgan fingerprint density at radius 2 is 1.36 bits per heavy atom. The summed E-state index contributed by atoms with van der Waals surface area (Å²) in [6.45, 7) is 0. The minimum atomic E-state index is 0.687. The zero-order valence-electron chi connectivity index (χ0n) is 6.03. The van der Waals surface area contributed by atoms with E-state index in [1.807, 2.05) is 12.1 Å². The van der Waals surface area contributed by atoms with Crippen LogP contribution in [0.4, 0.5) is 0 Å². The highest BCUT2D eigenvalue weighted by Gasteiger charge is 2.12. The SMILES string of the molecule is Clc1cc2c(cc1Cl)CCC2. The van der Waals surface area contributed by atoms with Crippen LogP contribution in [0.3, 0.4) is 0 Å². The van der Waals surface area contributed by atoms with Crippen molar-refractivity contribution in [2.24, 2.45) is 0 Å². The third kappa shape index (κ3) is 1.25. The molecule has 0 saturated heterocycles. The van der Waals surface area contributed by atoms with Crippen molar-refractivity contribution in [1.82, 2.24) is 0 Å². The highest BCUT2D eigenvalue weighted by molar-refractivity contribution is 6.42. The van der Waals surface area contributed by atoms with E-state index in [2.05, 4.69) is 0 Å². The van der Waals surface area contributed by atoms with Gasteiger partial charge < -0.3 is 0 Å². The number of hydrogen-bond donors (Lipinski definition) is 0. The summed E-state index contributed by atoms with van der Waals surface area (Å²) in [6, 6.07) is 3.98. The lowest BCUT2D eigenvalue weighted by molar-refractivity contribution is 0.912. The molecule has 0 aliphatic heterocycles. The Labute approximate surface area is 76.1 Å². The number of hydrogen-bond acceptors (Lipinski definition) is 0. The second-order valence-electron chi connectivity index (χ2n) is 2.89. The Morgan fingerprint density at radius 1 is 0.909 bits per heavy atom. The summed E-state index contributed by atoms with van der Waals surface area (Å²) in [5, 5.41) is 1.37. The van der Waals surface area contributed by atoms with E-state index in [9.17, 15) is 0 Å². The van der Waals surface area contributed by atoms with Crippen LogP contribution in [0.2, 0.25) is 10.0 Å². The molecule has 0 bridgehead atoms. The van der Waals surface area contributed by atoms with Crippen LogP contribution in [0.25, 0.3) is 0 Å². The van der Waals surface area contributed by atoms with Crippen molar-refractivity contribution in [3.63, 3.8) is 0 Å². The topological polar surface area (TPSA) is 0 Å². The van der Waals surface area contributed by atoms with Gasteiger partial charge in [0.1, 0.15) is 0 Å². The quantitative estimate of drug-likeness (QED) is 0.583. The van der Waals surface area contributed by atoms with E-state index < -0.39 is 0 Å². The van der Waals surface area contributed by atoms with E-state index in [4.69, 9.17) is 23.2 Å². The molecule has 1 aromatic rings. The summed E-state index contributed by atoms with van der Waals surface area (Å²) in [7, 11) is 0. The molecule has 0 radical (unpaired) electrons. The van der Waals surface area contributed by atoms with Crippen molar-refractivity contribution < 1.29 is 0 Å². The molecule has 1 aliphatic carbocycles. The van der Waals surface area contributed by atoms with E-state index in [0.29, 0.717) is 10.0 Å². The van der Waals surface area contributed by atoms with Crippen LogP contribution in [0.15, 0.2) is 12.1 Å². The second kappa shape index (κ2) is 2.69. The molecule has 0 nitrogen and oxygen atoms in total. The van der Waals surface area contributed by atoms with Crippen molar-refractivity contribution in [2.45, 2.75) is 19.3 Å². The third-order valence-electron chi connectivity index (χ3n) is 2.13. The van der Waals surface area contributed by atoms with Crippen LogP contribution in [-0.4, -0.2) is 0 Å². The maximum Gasteiger partial charge on any atom is 0.0595 e. The van der Waals surface area contributed by atoms with E-state index in [-0.39, 0.29) is 0 Å². The highest BCUT2D eigenvalue weighted by atomic mass is 35.5. The van der Waals surface area contributed by atoms with Gasteiger partial charge in [-0.05, 0) is 42.5 Å². The minimum absolute atomic E-state index is 0.687. The standard InChI is InChI=1S/C9H8Cl2/c10-8-4-6-2-1-3-7(6)5-9(8)11/h4-5H,1-3H2. The van der Waals surface area contributed by atoms with Crippen molar-refractivity contribution in [2.75, 3.05) is 0 Å². The Balaban J connectivity index is 2.57. The first-order valence-corrected chi connectivity index (χ1v) is 4.50. The molecule has 0 fully saturated rings. The molecule has 0 atom stereocenters. The fourth-order valence-corrected chi connectivity index (χ4v) is 1.94. The van der Waals surface area contributed by atoms with Gasteiger partial charge in [-0.15, -0.1) is 0 Å². The van der Waals surface area contributed by atoms with Gasteiger partial charge in [0.05, 0.1) is 10.0 Å². The third-order valence-corrected chi connectivity index (χ3v) is 2.86. The summed E-state index contributed by atoms with van der Waals surface area (Å²) in [4.78, 5) is 0. The second-order valence-corrected chi connectivity index (χ2v) is 3.70. The van der Waals surface area contributed by atoms with Crippen LogP contribution in [-0.2, 0) is 12.8 Å². The Kier molecular flexibility index (Phi) is 1.82. The van der Waals surface area contributed by atoms with Gasteiger partial charge in [-0.1, -0.05) is 23.2 Å². The Bertz CT molecular complexity index is 263. The van der Waals surface area contributed by atoms with E-state index in [1.54, 1.807) is 0 Å². The van der Waals surface area contributed by atoms with Crippen LogP contribution in [0.5, 0.6) is 0 Å². The summed E-state index contributed by atoms with van der Waals surface area (Å²) >= 11 is 11.7. The normalized spacial score (nSPS) is 15.1. The molecule has 58 valence electrons. The number of halogens is 2. The molecule has 0 saturated carbocycles. The number of rotatable bonds is 0. The fraction of sp³-hybridized carbons (Fsp3) is 0.333. The molecule has 0 N–H and O–H groups in total. The average molecular weight is 187 g/mol. The smallest absolute Gasteiger partial charge is 0.0595 e. The summed E-state index contributed by atoms with van der Waals surface area (Å²) in [6.07, 6.45) is 3.56. The van der Waals surface area contributed by atoms with Crippen LogP contribution in [0.1, 0.15) is 17.5 Å². The molecule has 2 rings (SSSR count). The van der Waals surface area contributed by atoms with Crippen molar-refractivity contribution in [3.8, 4) is 0 Å². The summed E-state index contributed by atoms with van der Waals surface area (Å²) in [5.74, 6) is 0. The Morgan fingerprint density at radius 3 is 1.82 bits per heavy atom. The molecule has 1 aliphatic rings. The molecule has 2 heteroatoms. The largest absolute Gasteiger partial charge is 0.0827 e. The average Bonchev–Trinajstić information content (AvgIpc) is 2.36. The lowest BCUT2D eigenvalue weighted by Gasteiger charge is -2.00. The zero-order chi connectivity index (χ0) is 7.84. The highest BCUT2D eigenvalue weighted by Crippen LogP contribution is 2.30. The molecule has 1 aromatic carbocycles. The first-order chi connectivity index (χ1) is 5.27. The maximum atomic E-state index is 5.86. The molecular weight excluding hydrogens is 179 g/mol. The van der Waals surface area contributed by atoms with Gasteiger partial charge in [-0.25, -0.2) is 0 Å². The first-order valence-electron chi connectivity index (χ1n) is 3.74. The molecule has 0 spiro atoms. The molecular formula is C9H8Cl2. The minimum Gasteiger partial charge on any atom is -0.0827 e. The van der Waals surface area contributed by atoms with Gasteiger partial charge in [0.15, 0.2) is 0 Å². The lowest BCUT2D eigenvalue weighted by Crippen LogP contribution is -1.81. The van der Waals surface area contributed by atoms with E-state index >= 15 is 0 Å². The maximum absolute atomic E-state index is 5.86. The lowest BCUT2D eigenvalue weighted by atomic mass is 10.1. The van der Waals surface area contributed by atoms with Gasteiger partial charge >= 0.3 is 0 Å². The molecule has 0 amide bonds. The van der Waals surface area contributed by atoms with Gasteiger partial charge in [-0.3, -0.25) is 0 Å². The van der Waals surface area contributed by atoms with Gasteiger partial charge in [-0.2, -0.15) is 0 Å². The van der Waals surface area contributed by atoms with Crippen LogP contribution >= 0.6 is 23.2 Å². The predicted octanol–water partition coefficient (Wildman–Crippen LogP) is 3.48. The van der Waals surface area contributed by atoms with Crippen molar-refractivity contribution >= 4 is 23.2 Å². The monoisotopic (exact) mass is 186 g/mol. The van der Waals surface area contributed by atoms with E-state index in [0.717, 1.165) is 12.8 Å². The molecule has 0 unspecified atom stereocenters. The number of fused-ring (bicyclic) bond motifs is 1. The van der Waals surface area contributed by atoms with Crippen LogP contribution < -0.4 is 0 Å². The molecule has 0 heterocycles. The van der Waals surface area contributed by atoms with Crippen molar-refractivity contribution in [3.05, 3.63) is 33.3 Å². The van der Waals surface area contributed by atoms with Gasteiger partial charge in [0.2, 0.25) is 0 Å².